The number of hydrogen-bond donors (Lipinski definition) is 2. The number of nitrogens with zero attached hydrogens (tertiary/aromatic N) is 7. The third-order valence-corrected chi connectivity index (χ3v) is 9.42. The zero-order chi connectivity index (χ0) is 31.0. The molecule has 5 aromatic rings. The Morgan fingerprint density at radius 2 is 1.91 bits per heavy atom. The zero-order valence-electron chi connectivity index (χ0n) is 25.1. The summed E-state index contributed by atoms with van der Waals surface area (Å²) in [7, 11) is 0.782. The van der Waals surface area contributed by atoms with Gasteiger partial charge in [0.2, 0.25) is 5.95 Å². The zero-order valence-corrected chi connectivity index (χ0v) is 27.6. The van der Waals surface area contributed by atoms with E-state index in [0.29, 0.717) is 56.3 Å². The molecule has 0 bridgehead atoms. The lowest BCUT2D eigenvalue weighted by Gasteiger charge is -2.34. The van der Waals surface area contributed by atoms with Gasteiger partial charge in [-0.05, 0) is 54.4 Å². The Labute approximate surface area is 263 Å². The molecule has 1 saturated heterocycles. The topological polar surface area (TPSA) is 132 Å². The van der Waals surface area contributed by atoms with Gasteiger partial charge < -0.3 is 29.6 Å². The maximum absolute atomic E-state index is 13.4. The molecule has 1 fully saturated rings. The van der Waals surface area contributed by atoms with E-state index >= 15 is 0 Å². The van der Waals surface area contributed by atoms with Gasteiger partial charge in [0.25, 0.3) is 0 Å². The summed E-state index contributed by atoms with van der Waals surface area (Å²) in [5.74, 6) is 1.48. The van der Waals surface area contributed by atoms with Crippen molar-refractivity contribution in [3.63, 3.8) is 0 Å². The second-order valence-corrected chi connectivity index (χ2v) is 15.0. The van der Waals surface area contributed by atoms with Gasteiger partial charge in [-0.1, -0.05) is 0 Å². The molecule has 3 aromatic heterocycles. The minimum absolute atomic E-state index is 0.112. The molecular weight excluding hydrogens is 645 g/mol. The SMILES string of the molecule is COc1cc(N2CCO[C@H](C)C2)c(-c2cnn(C)c2)cc1Nc1ncc(Br)c(Nc2ccc3nccnc3c2P(C)(C)=O)n1. The van der Waals surface area contributed by atoms with Crippen LogP contribution in [-0.4, -0.2) is 76.0 Å². The molecule has 0 amide bonds. The van der Waals surface area contributed by atoms with Gasteiger partial charge in [0.1, 0.15) is 24.2 Å². The fourth-order valence-corrected chi connectivity index (χ4v) is 7.04. The van der Waals surface area contributed by atoms with Crippen LogP contribution in [0.15, 0.2) is 59.7 Å². The molecule has 2 N–H and O–H groups in total. The number of hydrogen-bond acceptors (Lipinski definition) is 11. The second-order valence-electron chi connectivity index (χ2n) is 11.0. The van der Waals surface area contributed by atoms with Gasteiger partial charge in [0.05, 0.1) is 52.7 Å². The quantitative estimate of drug-likeness (QED) is 0.200. The van der Waals surface area contributed by atoms with Gasteiger partial charge in [0.15, 0.2) is 0 Å². The lowest BCUT2D eigenvalue weighted by atomic mass is 10.0. The molecule has 44 heavy (non-hydrogen) atoms. The van der Waals surface area contributed by atoms with E-state index in [1.54, 1.807) is 43.7 Å². The molecule has 0 spiro atoms. The number of ether oxygens (including phenoxy) is 2. The normalized spacial score (nSPS) is 15.4. The van der Waals surface area contributed by atoms with Crippen molar-refractivity contribution in [3.8, 4) is 16.9 Å². The Bertz CT molecular complexity index is 1890. The van der Waals surface area contributed by atoms with Crippen LogP contribution in [0.3, 0.4) is 0 Å². The van der Waals surface area contributed by atoms with Crippen molar-refractivity contribution in [2.75, 3.05) is 55.7 Å². The summed E-state index contributed by atoms with van der Waals surface area (Å²) in [5.41, 5.74) is 5.60. The van der Waals surface area contributed by atoms with Crippen molar-refractivity contribution in [1.29, 1.82) is 0 Å². The first kappa shape index (κ1) is 30.0. The van der Waals surface area contributed by atoms with Crippen molar-refractivity contribution in [1.82, 2.24) is 29.7 Å². The minimum Gasteiger partial charge on any atom is -0.494 e. The van der Waals surface area contributed by atoms with Gasteiger partial charge in [-0.3, -0.25) is 14.6 Å². The summed E-state index contributed by atoms with van der Waals surface area (Å²) in [6.07, 6.45) is 8.84. The molecule has 2 aromatic carbocycles. The molecule has 12 nitrogen and oxygen atoms in total. The minimum atomic E-state index is -2.76. The second kappa shape index (κ2) is 12.1. The van der Waals surface area contributed by atoms with Crippen LogP contribution < -0.4 is 25.6 Å². The van der Waals surface area contributed by atoms with Crippen molar-refractivity contribution >= 4 is 68.2 Å². The molecule has 6 rings (SSSR count). The molecule has 0 aliphatic carbocycles. The van der Waals surface area contributed by atoms with Gasteiger partial charge in [-0.25, -0.2) is 4.98 Å². The molecule has 0 radical (unpaired) electrons. The number of nitrogens with one attached hydrogen (secondary N) is 2. The van der Waals surface area contributed by atoms with Crippen LogP contribution in [0.4, 0.5) is 28.8 Å². The predicted octanol–water partition coefficient (Wildman–Crippen LogP) is 5.55. The van der Waals surface area contributed by atoms with E-state index in [1.807, 2.05) is 43.7 Å². The largest absolute Gasteiger partial charge is 0.494 e. The van der Waals surface area contributed by atoms with Crippen LogP contribution in [0.25, 0.3) is 22.2 Å². The first-order valence-corrected chi connectivity index (χ1v) is 17.4. The average molecular weight is 679 g/mol. The molecule has 4 heterocycles. The number of rotatable bonds is 8. The third-order valence-electron chi connectivity index (χ3n) is 7.31. The van der Waals surface area contributed by atoms with Gasteiger partial charge in [-0.2, -0.15) is 10.1 Å². The fraction of sp³-hybridized carbons (Fsp3) is 0.300. The number of methoxy groups -OCH3 is 1. The summed E-state index contributed by atoms with van der Waals surface area (Å²) in [6, 6.07) is 7.76. The van der Waals surface area contributed by atoms with Crippen molar-refractivity contribution in [2.24, 2.45) is 7.05 Å². The number of aromatic nitrogens is 6. The van der Waals surface area contributed by atoms with Gasteiger partial charge in [-0.15, -0.1) is 0 Å². The molecule has 228 valence electrons. The number of halogens is 1. The Morgan fingerprint density at radius 3 is 2.64 bits per heavy atom. The van der Waals surface area contributed by atoms with Crippen LogP contribution in [-0.2, 0) is 16.3 Å². The highest BCUT2D eigenvalue weighted by molar-refractivity contribution is 9.10. The van der Waals surface area contributed by atoms with E-state index < -0.39 is 7.14 Å². The molecule has 1 aliphatic rings. The Hall–Kier alpha value is -4.06. The van der Waals surface area contributed by atoms with E-state index in [1.165, 1.54) is 0 Å². The van der Waals surface area contributed by atoms with E-state index in [2.05, 4.69) is 58.4 Å². The maximum atomic E-state index is 13.4. The summed E-state index contributed by atoms with van der Waals surface area (Å²) in [6.45, 7) is 7.69. The number of fused-ring (bicyclic) bond motifs is 1. The summed E-state index contributed by atoms with van der Waals surface area (Å²) < 4.78 is 27.5. The lowest BCUT2D eigenvalue weighted by molar-refractivity contribution is 0.0532. The monoisotopic (exact) mass is 677 g/mol. The van der Waals surface area contributed by atoms with Crippen LogP contribution in [0.2, 0.25) is 0 Å². The Morgan fingerprint density at radius 1 is 1.09 bits per heavy atom. The van der Waals surface area contributed by atoms with Crippen molar-refractivity contribution in [3.05, 3.63) is 59.7 Å². The molecule has 0 saturated carbocycles. The summed E-state index contributed by atoms with van der Waals surface area (Å²) >= 11 is 3.57. The van der Waals surface area contributed by atoms with Gasteiger partial charge in [0, 0.05) is 67.8 Å². The van der Waals surface area contributed by atoms with Crippen LogP contribution in [0.5, 0.6) is 5.75 Å². The first-order valence-electron chi connectivity index (χ1n) is 14.0. The Balaban J connectivity index is 1.38. The highest BCUT2D eigenvalue weighted by Gasteiger charge is 2.24. The lowest BCUT2D eigenvalue weighted by Crippen LogP contribution is -2.41. The van der Waals surface area contributed by atoms with Crippen LogP contribution in [0.1, 0.15) is 6.92 Å². The summed E-state index contributed by atoms with van der Waals surface area (Å²) in [4.78, 5) is 20.5. The fourth-order valence-electron chi connectivity index (χ4n) is 5.36. The molecule has 1 atom stereocenters. The highest BCUT2D eigenvalue weighted by atomic mass is 79.9. The maximum Gasteiger partial charge on any atom is 0.229 e. The first-order chi connectivity index (χ1) is 21.1. The van der Waals surface area contributed by atoms with Crippen LogP contribution >= 0.6 is 23.1 Å². The molecule has 14 heteroatoms. The van der Waals surface area contributed by atoms with E-state index in [-0.39, 0.29) is 6.10 Å². The average Bonchev–Trinajstić information content (AvgIpc) is 3.43. The number of anilines is 5. The number of aryl methyl sites for hydroxylation is 1. The number of morpholine rings is 1. The Kier molecular flexibility index (Phi) is 8.28. The predicted molar refractivity (Wildman–Crippen MR) is 178 cm³/mol. The van der Waals surface area contributed by atoms with E-state index in [0.717, 1.165) is 29.9 Å². The van der Waals surface area contributed by atoms with E-state index in [4.69, 9.17) is 14.5 Å². The van der Waals surface area contributed by atoms with Crippen molar-refractivity contribution in [2.45, 2.75) is 13.0 Å². The molecule has 0 unspecified atom stereocenters. The smallest absolute Gasteiger partial charge is 0.229 e. The highest BCUT2D eigenvalue weighted by Crippen LogP contribution is 2.42. The third kappa shape index (κ3) is 6.12. The van der Waals surface area contributed by atoms with E-state index in [9.17, 15) is 4.57 Å². The standard InChI is InChI=1S/C30H33BrN9O3P/c1-18-16-40(10-11-43-18)25-13-26(42-3)24(12-20(25)19-14-35-39(2)17-19)37-30-34-15-21(31)29(38-30)36-23-7-6-22-27(33-9-8-32-22)28(23)44(4,5)41/h6-9,12-15,17-18H,10-11,16H2,1-5H3,(H2,34,36,37,38)/t18-/m1/s1. The van der Waals surface area contributed by atoms with Gasteiger partial charge >= 0.3 is 0 Å². The van der Waals surface area contributed by atoms with Crippen molar-refractivity contribution < 1.29 is 14.0 Å². The summed E-state index contributed by atoms with van der Waals surface area (Å²) in [5, 5.41) is 11.7. The molecule has 1 aliphatic heterocycles. The number of benzene rings is 2. The van der Waals surface area contributed by atoms with Crippen LogP contribution in [0, 0.1) is 0 Å². The molecular formula is C30H33BrN9O3P.